The van der Waals surface area contributed by atoms with Crippen molar-refractivity contribution in [3.63, 3.8) is 0 Å². The average molecular weight is 309 g/mol. The Morgan fingerprint density at radius 1 is 1.33 bits per heavy atom. The largest absolute Gasteiger partial charge is 0.457 e. The lowest BCUT2D eigenvalue weighted by molar-refractivity contribution is 0.469. The van der Waals surface area contributed by atoms with E-state index >= 15 is 0 Å². The van der Waals surface area contributed by atoms with Crippen molar-refractivity contribution in [2.24, 2.45) is 0 Å². The van der Waals surface area contributed by atoms with Gasteiger partial charge in [-0.25, -0.2) is 4.39 Å². The molecule has 0 bridgehead atoms. The number of benzene rings is 1. The lowest BCUT2D eigenvalue weighted by Gasteiger charge is -2.12. The van der Waals surface area contributed by atoms with Gasteiger partial charge in [0.25, 0.3) is 0 Å². The molecule has 0 amide bonds. The van der Waals surface area contributed by atoms with E-state index in [0.29, 0.717) is 18.0 Å². The highest BCUT2D eigenvalue weighted by Gasteiger charge is 2.08. The van der Waals surface area contributed by atoms with Crippen molar-refractivity contribution in [3.8, 4) is 11.5 Å². The van der Waals surface area contributed by atoms with Gasteiger partial charge in [-0.2, -0.15) is 0 Å². The summed E-state index contributed by atoms with van der Waals surface area (Å²) in [5.41, 5.74) is 1.81. The van der Waals surface area contributed by atoms with Crippen molar-refractivity contribution in [1.29, 1.82) is 0 Å². The Morgan fingerprint density at radius 3 is 2.86 bits per heavy atom. The van der Waals surface area contributed by atoms with Crippen LogP contribution in [-0.4, -0.2) is 11.5 Å². The number of halogens is 2. The van der Waals surface area contributed by atoms with E-state index in [0.717, 1.165) is 24.2 Å². The van der Waals surface area contributed by atoms with Gasteiger partial charge in [-0.3, -0.25) is 4.98 Å². The number of hydrogen-bond acceptors (Lipinski definition) is 3. The molecular weight excluding hydrogens is 291 g/mol. The van der Waals surface area contributed by atoms with Gasteiger partial charge in [0.15, 0.2) is 0 Å². The predicted octanol–water partition coefficient (Wildman–Crippen LogP) is 4.47. The Morgan fingerprint density at radius 2 is 2.14 bits per heavy atom. The monoisotopic (exact) mass is 308 g/mol. The van der Waals surface area contributed by atoms with Crippen molar-refractivity contribution >= 4 is 11.6 Å². The van der Waals surface area contributed by atoms with Gasteiger partial charge in [0.05, 0.1) is 5.02 Å². The van der Waals surface area contributed by atoms with Crippen molar-refractivity contribution in [2.45, 2.75) is 26.8 Å². The standard InChI is InChI=1S/C16H18ClFN2O/c1-3-6-19-9-12-10-20-11(2)7-16(12)21-13-4-5-15(18)14(17)8-13/h4-5,7-8,10,19H,3,6,9H2,1-2H3. The minimum atomic E-state index is -0.459. The summed E-state index contributed by atoms with van der Waals surface area (Å²) in [6.45, 7) is 5.60. The van der Waals surface area contributed by atoms with E-state index in [2.05, 4.69) is 17.2 Å². The van der Waals surface area contributed by atoms with Gasteiger partial charge in [-0.1, -0.05) is 18.5 Å². The molecule has 3 nitrogen and oxygen atoms in total. The van der Waals surface area contributed by atoms with Gasteiger partial charge in [0, 0.05) is 36.1 Å². The topological polar surface area (TPSA) is 34.2 Å². The number of nitrogens with one attached hydrogen (secondary N) is 1. The van der Waals surface area contributed by atoms with Crippen LogP contribution >= 0.6 is 11.6 Å². The first-order valence-corrected chi connectivity index (χ1v) is 7.27. The lowest BCUT2D eigenvalue weighted by atomic mass is 10.2. The minimum Gasteiger partial charge on any atom is -0.457 e. The molecule has 0 fully saturated rings. The lowest BCUT2D eigenvalue weighted by Crippen LogP contribution is -2.14. The maximum absolute atomic E-state index is 13.2. The third-order valence-corrected chi connectivity index (χ3v) is 3.23. The highest BCUT2D eigenvalue weighted by atomic mass is 35.5. The van der Waals surface area contributed by atoms with Gasteiger partial charge in [-0.05, 0) is 32.0 Å². The van der Waals surface area contributed by atoms with Crippen LogP contribution in [0.4, 0.5) is 4.39 Å². The second-order valence-corrected chi connectivity index (χ2v) is 5.20. The number of pyridine rings is 1. The number of aryl methyl sites for hydroxylation is 1. The van der Waals surface area contributed by atoms with E-state index in [9.17, 15) is 4.39 Å². The SMILES string of the molecule is CCCNCc1cnc(C)cc1Oc1ccc(F)c(Cl)c1. The molecule has 0 aliphatic heterocycles. The molecule has 0 atom stereocenters. The number of aromatic nitrogens is 1. The molecule has 1 aromatic heterocycles. The molecule has 1 N–H and O–H groups in total. The van der Waals surface area contributed by atoms with Gasteiger partial charge in [-0.15, -0.1) is 0 Å². The molecule has 0 aliphatic carbocycles. The zero-order valence-electron chi connectivity index (χ0n) is 12.1. The van der Waals surface area contributed by atoms with E-state index in [-0.39, 0.29) is 5.02 Å². The summed E-state index contributed by atoms with van der Waals surface area (Å²) in [5, 5.41) is 3.36. The smallest absolute Gasteiger partial charge is 0.142 e. The fraction of sp³-hybridized carbons (Fsp3) is 0.312. The highest BCUT2D eigenvalue weighted by Crippen LogP contribution is 2.28. The summed E-state index contributed by atoms with van der Waals surface area (Å²) in [5.74, 6) is 0.747. The first kappa shape index (κ1) is 15.7. The summed E-state index contributed by atoms with van der Waals surface area (Å²) in [4.78, 5) is 4.29. The zero-order chi connectivity index (χ0) is 15.2. The van der Waals surface area contributed by atoms with Gasteiger partial charge < -0.3 is 10.1 Å². The second kappa shape index (κ2) is 7.38. The van der Waals surface area contributed by atoms with Crippen LogP contribution in [-0.2, 0) is 6.54 Å². The van der Waals surface area contributed by atoms with Crippen LogP contribution in [0.25, 0.3) is 0 Å². The summed E-state index contributed by atoms with van der Waals surface area (Å²) in [6.07, 6.45) is 2.85. The first-order chi connectivity index (χ1) is 10.1. The molecule has 2 rings (SSSR count). The summed E-state index contributed by atoms with van der Waals surface area (Å²) >= 11 is 5.77. The van der Waals surface area contributed by atoms with Crippen molar-refractivity contribution in [3.05, 3.63) is 52.6 Å². The van der Waals surface area contributed by atoms with Crippen LogP contribution < -0.4 is 10.1 Å². The van der Waals surface area contributed by atoms with Crippen LogP contribution in [0, 0.1) is 12.7 Å². The maximum Gasteiger partial charge on any atom is 0.142 e. The fourth-order valence-electron chi connectivity index (χ4n) is 1.86. The molecular formula is C16H18ClFN2O. The maximum atomic E-state index is 13.2. The molecule has 0 saturated carbocycles. The summed E-state index contributed by atoms with van der Waals surface area (Å²) < 4.78 is 19.0. The van der Waals surface area contributed by atoms with E-state index in [4.69, 9.17) is 16.3 Å². The van der Waals surface area contributed by atoms with Crippen molar-refractivity contribution < 1.29 is 9.13 Å². The van der Waals surface area contributed by atoms with Crippen molar-refractivity contribution in [1.82, 2.24) is 10.3 Å². The van der Waals surface area contributed by atoms with Crippen LogP contribution in [0.15, 0.2) is 30.5 Å². The van der Waals surface area contributed by atoms with E-state index < -0.39 is 5.82 Å². The predicted molar refractivity (Wildman–Crippen MR) is 82.5 cm³/mol. The molecule has 2 aromatic rings. The Balaban J connectivity index is 2.20. The Labute approximate surface area is 129 Å². The number of hydrogen-bond donors (Lipinski definition) is 1. The highest BCUT2D eigenvalue weighted by molar-refractivity contribution is 6.30. The van der Waals surface area contributed by atoms with Gasteiger partial charge in [0.2, 0.25) is 0 Å². The third-order valence-electron chi connectivity index (χ3n) is 2.94. The quantitative estimate of drug-likeness (QED) is 0.799. The average Bonchev–Trinajstić information content (AvgIpc) is 2.45. The molecule has 21 heavy (non-hydrogen) atoms. The number of ether oxygens (including phenoxy) is 1. The molecule has 0 saturated heterocycles. The molecule has 0 spiro atoms. The van der Waals surface area contributed by atoms with Gasteiger partial charge in [0.1, 0.15) is 17.3 Å². The molecule has 0 radical (unpaired) electrons. The molecule has 5 heteroatoms. The molecule has 1 heterocycles. The minimum absolute atomic E-state index is 0.0453. The Kier molecular flexibility index (Phi) is 5.53. The molecule has 0 aliphatic rings. The number of rotatable bonds is 6. The Bertz CT molecular complexity index is 619. The van der Waals surface area contributed by atoms with Crippen LogP contribution in [0.1, 0.15) is 24.6 Å². The van der Waals surface area contributed by atoms with Crippen molar-refractivity contribution in [2.75, 3.05) is 6.54 Å². The molecule has 0 unspecified atom stereocenters. The summed E-state index contributed by atoms with van der Waals surface area (Å²) in [7, 11) is 0. The third kappa shape index (κ3) is 4.41. The van der Waals surface area contributed by atoms with Crippen LogP contribution in [0.3, 0.4) is 0 Å². The molecule has 1 aromatic carbocycles. The Hall–Kier alpha value is -1.65. The molecule has 112 valence electrons. The van der Waals surface area contributed by atoms with Crippen LogP contribution in [0.5, 0.6) is 11.5 Å². The summed E-state index contributed by atoms with van der Waals surface area (Å²) in [6, 6.07) is 6.18. The second-order valence-electron chi connectivity index (χ2n) is 4.79. The van der Waals surface area contributed by atoms with Crippen LogP contribution in [0.2, 0.25) is 5.02 Å². The van der Waals surface area contributed by atoms with E-state index in [1.165, 1.54) is 12.1 Å². The fourth-order valence-corrected chi connectivity index (χ4v) is 2.03. The van der Waals surface area contributed by atoms with E-state index in [1.54, 1.807) is 12.3 Å². The first-order valence-electron chi connectivity index (χ1n) is 6.89. The van der Waals surface area contributed by atoms with E-state index in [1.807, 2.05) is 13.0 Å². The number of nitrogens with zero attached hydrogens (tertiary/aromatic N) is 1. The van der Waals surface area contributed by atoms with Gasteiger partial charge >= 0.3 is 0 Å². The normalized spacial score (nSPS) is 10.7. The zero-order valence-corrected chi connectivity index (χ0v) is 12.9.